The standard InChI is InChI=1S/C48H54FN7O8/c1-4-34-38(54-46(60)43(34)49)27-63-47-36-23-40(62-3)37(44(50)58)22-35(36)32(25-52-47)16-13-28-9-11-30(12-10-28)26-56(2)20-6-19-51-48(61)53-24-29-14-17-33(18-15-29)64-39-8-5-7-31-21-41(57)55-45(59)42(31)39/h5,7-8,14-15,17-18,22-23,25,28,30,34,38,43H,4,6,9-12,19-21,24,26-27H2,1-3H3,(H2,50,58)(H,54,60)(H2,51,53,61)(H,55,57,59)/t28-,30-,34-,38+,43-/m0/s1. The van der Waals surface area contributed by atoms with Gasteiger partial charge in [0.25, 0.3) is 17.7 Å². The van der Waals surface area contributed by atoms with Crippen LogP contribution in [0.1, 0.15) is 82.9 Å². The molecule has 1 saturated heterocycles. The Morgan fingerprint density at radius 3 is 2.53 bits per heavy atom. The van der Waals surface area contributed by atoms with Crippen molar-refractivity contribution < 1.29 is 42.6 Å². The van der Waals surface area contributed by atoms with Crippen LogP contribution >= 0.6 is 0 Å². The fraction of sp³-hybridized carbons (Fsp3) is 0.417. The average molecular weight is 876 g/mol. The summed E-state index contributed by atoms with van der Waals surface area (Å²) in [5, 5.41) is 12.0. The molecule has 2 fully saturated rings. The topological polar surface area (TPSA) is 203 Å². The molecular formula is C48H54FN7O8. The SMILES string of the molecule is CC[C@@H]1[C@H](F)C(=O)N[C@@H]1COc1ncc(C#C[C@H]2CC[C@H](CN(C)CCCNC(=O)NCc3ccc(Oc4cccc5c4C(=O)NC(=O)C5)cc3)CC2)c2cc(C(N)=O)c(OC)cc12. The van der Waals surface area contributed by atoms with Crippen molar-refractivity contribution in [1.82, 2.24) is 31.2 Å². The molecule has 6 amide bonds. The number of rotatable bonds is 16. The molecule has 0 radical (unpaired) electrons. The molecule has 3 atom stereocenters. The summed E-state index contributed by atoms with van der Waals surface area (Å²) in [6, 6.07) is 14.9. The van der Waals surface area contributed by atoms with Gasteiger partial charge in [-0.2, -0.15) is 0 Å². The van der Waals surface area contributed by atoms with Crippen molar-refractivity contribution in [2.24, 2.45) is 23.5 Å². The largest absolute Gasteiger partial charge is 0.496 e. The number of imide groups is 1. The number of hydrogen-bond donors (Lipinski definition) is 5. The van der Waals surface area contributed by atoms with E-state index in [2.05, 4.69) is 50.0 Å². The number of aromatic nitrogens is 1. The number of urea groups is 1. The van der Waals surface area contributed by atoms with Gasteiger partial charge >= 0.3 is 6.03 Å². The maximum Gasteiger partial charge on any atom is 0.315 e. The second kappa shape index (κ2) is 20.6. The fourth-order valence-electron chi connectivity index (χ4n) is 8.68. The molecule has 15 nitrogen and oxygen atoms in total. The summed E-state index contributed by atoms with van der Waals surface area (Å²) in [5.41, 5.74) is 8.37. The minimum atomic E-state index is -1.59. The molecule has 6 N–H and O–H groups in total. The summed E-state index contributed by atoms with van der Waals surface area (Å²) in [5.74, 6) is 6.28. The number of ether oxygens (including phenoxy) is 3. The molecule has 1 saturated carbocycles. The zero-order valence-electron chi connectivity index (χ0n) is 36.3. The smallest absolute Gasteiger partial charge is 0.315 e. The number of benzene rings is 3. The van der Waals surface area contributed by atoms with Crippen LogP contribution in [0.3, 0.4) is 0 Å². The maximum atomic E-state index is 14.4. The first-order valence-corrected chi connectivity index (χ1v) is 21.7. The summed E-state index contributed by atoms with van der Waals surface area (Å²) in [6.45, 7) is 4.51. The van der Waals surface area contributed by atoms with Crippen molar-refractivity contribution >= 4 is 40.4 Å². The Hall–Kier alpha value is -6.73. The monoisotopic (exact) mass is 875 g/mol. The Kier molecular flexibility index (Phi) is 14.6. The molecule has 1 aromatic heterocycles. The van der Waals surface area contributed by atoms with E-state index in [4.69, 9.17) is 19.9 Å². The second-order valence-electron chi connectivity index (χ2n) is 16.6. The summed E-state index contributed by atoms with van der Waals surface area (Å²) in [4.78, 5) is 67.9. The number of alkyl halides is 1. The van der Waals surface area contributed by atoms with E-state index >= 15 is 0 Å². The number of carbonyl (C=O) groups is 5. The van der Waals surface area contributed by atoms with Gasteiger partial charge in [-0.3, -0.25) is 24.5 Å². The van der Waals surface area contributed by atoms with Crippen molar-refractivity contribution in [3.63, 3.8) is 0 Å². The van der Waals surface area contributed by atoms with Crippen LogP contribution in [0.2, 0.25) is 0 Å². The number of methoxy groups -OCH3 is 1. The lowest BCUT2D eigenvalue weighted by Crippen LogP contribution is -2.37. The van der Waals surface area contributed by atoms with Crippen molar-refractivity contribution in [1.29, 1.82) is 0 Å². The molecule has 7 rings (SSSR count). The Labute approximate surface area is 371 Å². The Balaban J connectivity index is 0.837. The summed E-state index contributed by atoms with van der Waals surface area (Å²) < 4.78 is 31.9. The van der Waals surface area contributed by atoms with Gasteiger partial charge in [-0.25, -0.2) is 14.2 Å². The first-order chi connectivity index (χ1) is 30.9. The van der Waals surface area contributed by atoms with Gasteiger partial charge in [0, 0.05) is 48.4 Å². The van der Waals surface area contributed by atoms with E-state index in [9.17, 15) is 28.4 Å². The first-order valence-electron chi connectivity index (χ1n) is 21.7. The van der Waals surface area contributed by atoms with E-state index in [1.165, 1.54) is 7.11 Å². The third-order valence-corrected chi connectivity index (χ3v) is 12.2. The summed E-state index contributed by atoms with van der Waals surface area (Å²) >= 11 is 0. The highest BCUT2D eigenvalue weighted by Crippen LogP contribution is 2.35. The Bertz CT molecular complexity index is 2460. The predicted molar refractivity (Wildman–Crippen MR) is 237 cm³/mol. The van der Waals surface area contributed by atoms with Crippen LogP contribution in [0.15, 0.2) is 60.8 Å². The van der Waals surface area contributed by atoms with Gasteiger partial charge in [0.05, 0.1) is 36.3 Å². The lowest BCUT2D eigenvalue weighted by atomic mass is 9.82. The number of halogens is 1. The third kappa shape index (κ3) is 10.9. The summed E-state index contributed by atoms with van der Waals surface area (Å²) in [6.07, 6.45) is 5.39. The molecule has 16 heteroatoms. The van der Waals surface area contributed by atoms with Crippen LogP contribution in [0.25, 0.3) is 10.8 Å². The highest BCUT2D eigenvalue weighted by Gasteiger charge is 2.42. The Morgan fingerprint density at radius 1 is 1.02 bits per heavy atom. The van der Waals surface area contributed by atoms with Crippen LogP contribution in [0.5, 0.6) is 23.1 Å². The zero-order valence-corrected chi connectivity index (χ0v) is 36.3. The fourth-order valence-corrected chi connectivity index (χ4v) is 8.68. The van der Waals surface area contributed by atoms with Gasteiger partial charge in [0.15, 0.2) is 6.17 Å². The number of amides is 6. The highest BCUT2D eigenvalue weighted by molar-refractivity contribution is 6.11. The lowest BCUT2D eigenvalue weighted by Gasteiger charge is -2.29. The van der Waals surface area contributed by atoms with E-state index in [-0.39, 0.29) is 48.1 Å². The number of primary amides is 1. The maximum absolute atomic E-state index is 14.4. The lowest BCUT2D eigenvalue weighted by molar-refractivity contribution is -0.124. The van der Waals surface area contributed by atoms with E-state index in [0.29, 0.717) is 64.4 Å². The molecule has 3 aliphatic rings. The minimum absolute atomic E-state index is 0.0232. The number of hydrogen-bond acceptors (Lipinski definition) is 10. The molecule has 3 heterocycles. The Morgan fingerprint density at radius 2 is 1.80 bits per heavy atom. The van der Waals surface area contributed by atoms with Crippen molar-refractivity contribution in [2.45, 2.75) is 70.6 Å². The number of nitrogens with one attached hydrogen (secondary N) is 4. The number of carbonyl (C=O) groups excluding carboxylic acids is 5. The minimum Gasteiger partial charge on any atom is -0.496 e. The van der Waals surface area contributed by atoms with Crippen molar-refractivity contribution in [3.05, 3.63) is 88.6 Å². The van der Waals surface area contributed by atoms with Gasteiger partial charge in [-0.15, -0.1) is 0 Å². The predicted octanol–water partition coefficient (Wildman–Crippen LogP) is 5.17. The molecular weight excluding hydrogens is 822 g/mol. The molecule has 336 valence electrons. The molecule has 4 aromatic rings. The van der Waals surface area contributed by atoms with Gasteiger partial charge in [-0.1, -0.05) is 43.0 Å². The number of pyridine rings is 1. The van der Waals surface area contributed by atoms with Gasteiger partial charge in [-0.05, 0) is 99.5 Å². The van der Waals surface area contributed by atoms with Crippen molar-refractivity contribution in [2.75, 3.05) is 40.4 Å². The van der Waals surface area contributed by atoms with E-state index in [1.54, 1.807) is 48.7 Å². The van der Waals surface area contributed by atoms with Crippen molar-refractivity contribution in [3.8, 4) is 35.0 Å². The number of nitrogens with two attached hydrogens (primary N) is 1. The highest BCUT2D eigenvalue weighted by atomic mass is 19.1. The molecule has 3 aromatic carbocycles. The number of nitrogens with zero attached hydrogens (tertiary/aromatic N) is 2. The van der Waals surface area contributed by atoms with Crippen LogP contribution < -0.4 is 41.2 Å². The van der Waals surface area contributed by atoms with Gasteiger partial charge in [0.1, 0.15) is 23.9 Å². The van der Waals surface area contributed by atoms with Crippen LogP contribution in [0, 0.1) is 29.6 Å². The van der Waals surface area contributed by atoms with Crippen LogP contribution in [-0.4, -0.2) is 92.2 Å². The first kappa shape index (κ1) is 45.3. The molecule has 64 heavy (non-hydrogen) atoms. The normalized spacial score (nSPS) is 20.4. The molecule has 2 aliphatic heterocycles. The molecule has 0 bridgehead atoms. The van der Waals surface area contributed by atoms with Gasteiger partial charge in [0.2, 0.25) is 11.8 Å². The quantitative estimate of drug-likeness (QED) is 0.0568. The van der Waals surface area contributed by atoms with E-state index in [0.717, 1.165) is 50.8 Å². The van der Waals surface area contributed by atoms with Gasteiger partial charge < -0.3 is 40.8 Å². The van der Waals surface area contributed by atoms with Crippen LogP contribution in [-0.2, 0) is 22.6 Å². The average Bonchev–Trinajstić information content (AvgIpc) is 3.56. The second-order valence-corrected chi connectivity index (χ2v) is 16.6. The van der Waals surface area contributed by atoms with E-state index < -0.39 is 35.9 Å². The molecule has 0 spiro atoms. The zero-order chi connectivity index (χ0) is 45.3. The van der Waals surface area contributed by atoms with E-state index in [1.807, 2.05) is 19.1 Å². The molecule has 1 aliphatic carbocycles. The number of fused-ring (bicyclic) bond motifs is 2. The van der Waals surface area contributed by atoms with Crippen LogP contribution in [0.4, 0.5) is 9.18 Å². The summed E-state index contributed by atoms with van der Waals surface area (Å²) in [7, 11) is 3.55. The molecule has 0 unspecified atom stereocenters. The third-order valence-electron chi connectivity index (χ3n) is 12.2.